The molecule has 2 heterocycles. The summed E-state index contributed by atoms with van der Waals surface area (Å²) in [7, 11) is 0. The van der Waals surface area contributed by atoms with E-state index in [0.29, 0.717) is 35.3 Å². The van der Waals surface area contributed by atoms with Gasteiger partial charge in [-0.25, -0.2) is 4.98 Å². The summed E-state index contributed by atoms with van der Waals surface area (Å²) < 4.78 is 7.19. The first-order valence-corrected chi connectivity index (χ1v) is 10.6. The van der Waals surface area contributed by atoms with Gasteiger partial charge < -0.3 is 10.1 Å². The van der Waals surface area contributed by atoms with Gasteiger partial charge in [0.2, 0.25) is 5.91 Å². The van der Waals surface area contributed by atoms with Crippen molar-refractivity contribution in [1.29, 1.82) is 0 Å². The van der Waals surface area contributed by atoms with Gasteiger partial charge in [0.25, 0.3) is 5.56 Å². The van der Waals surface area contributed by atoms with E-state index in [0.717, 1.165) is 16.9 Å². The lowest BCUT2D eigenvalue weighted by Crippen LogP contribution is -2.29. The van der Waals surface area contributed by atoms with Crippen molar-refractivity contribution in [2.45, 2.75) is 19.6 Å². The van der Waals surface area contributed by atoms with E-state index in [2.05, 4.69) is 16.4 Å². The molecule has 0 radical (unpaired) electrons. The maximum atomic E-state index is 11.9. The second kappa shape index (κ2) is 9.05. The third-order valence-electron chi connectivity index (χ3n) is 3.73. The number of nitrogens with zero attached hydrogens (tertiary/aromatic N) is 2. The smallest absolute Gasteiger partial charge is 0.258 e. The Hall–Kier alpha value is -2.32. The zero-order chi connectivity index (χ0) is 19.2. The lowest BCUT2D eigenvalue weighted by molar-refractivity contribution is -0.118. The summed E-state index contributed by atoms with van der Waals surface area (Å²) in [6, 6.07) is 7.56. The molecule has 8 heteroatoms. The molecule has 1 amide bonds. The van der Waals surface area contributed by atoms with Gasteiger partial charge in [-0.1, -0.05) is 6.07 Å². The molecule has 27 heavy (non-hydrogen) atoms. The molecule has 6 nitrogen and oxygen atoms in total. The first-order chi connectivity index (χ1) is 13.0. The van der Waals surface area contributed by atoms with Gasteiger partial charge in [-0.15, -0.1) is 23.1 Å². The van der Waals surface area contributed by atoms with Crippen molar-refractivity contribution in [1.82, 2.24) is 14.7 Å². The molecular weight excluding hydrogens is 382 g/mol. The van der Waals surface area contributed by atoms with Crippen LogP contribution in [0, 0.1) is 13.8 Å². The Morgan fingerprint density at radius 1 is 1.26 bits per heavy atom. The fourth-order valence-electron chi connectivity index (χ4n) is 2.64. The highest BCUT2D eigenvalue weighted by molar-refractivity contribution is 7.99. The van der Waals surface area contributed by atoms with Crippen LogP contribution >= 0.6 is 23.1 Å². The van der Waals surface area contributed by atoms with Crippen LogP contribution in [-0.4, -0.2) is 34.2 Å². The summed E-state index contributed by atoms with van der Waals surface area (Å²) in [6.07, 6.45) is 1.71. The van der Waals surface area contributed by atoms with Crippen molar-refractivity contribution in [2.75, 3.05) is 18.9 Å². The number of thiazole rings is 1. The van der Waals surface area contributed by atoms with Crippen molar-refractivity contribution < 1.29 is 9.53 Å². The standard InChI is InChI=1S/C19H21N3O3S2/c1-13-7-14(2)9-16(8-13)25-5-3-20-17(23)12-26-11-15-10-18(24)22-4-6-27-19(22)21-15/h4,6-10H,3,5,11-12H2,1-2H3,(H,20,23). The normalized spacial score (nSPS) is 10.9. The summed E-state index contributed by atoms with van der Waals surface area (Å²) in [4.78, 5) is 28.9. The lowest BCUT2D eigenvalue weighted by atomic mass is 10.1. The number of nitrogens with one attached hydrogen (secondary N) is 1. The van der Waals surface area contributed by atoms with E-state index in [4.69, 9.17) is 4.74 Å². The Bertz CT molecular complexity index is 977. The SMILES string of the molecule is Cc1cc(C)cc(OCCNC(=O)CSCc2cc(=O)n3ccsc3n2)c1. The predicted octanol–water partition coefficient (Wildman–Crippen LogP) is 2.80. The van der Waals surface area contributed by atoms with E-state index < -0.39 is 0 Å². The molecule has 0 saturated heterocycles. The van der Waals surface area contributed by atoms with Crippen LogP contribution in [0.4, 0.5) is 0 Å². The Balaban J connectivity index is 1.37. The molecular formula is C19H21N3O3S2. The maximum Gasteiger partial charge on any atom is 0.258 e. The number of rotatable bonds is 8. The van der Waals surface area contributed by atoms with E-state index in [1.54, 1.807) is 6.20 Å². The number of carbonyl (C=O) groups excluding carboxylic acids is 1. The van der Waals surface area contributed by atoms with E-state index in [-0.39, 0.29) is 11.5 Å². The van der Waals surface area contributed by atoms with Gasteiger partial charge in [0.05, 0.1) is 18.0 Å². The number of aromatic nitrogens is 2. The van der Waals surface area contributed by atoms with Crippen molar-refractivity contribution in [3.05, 3.63) is 63.0 Å². The quantitative estimate of drug-likeness (QED) is 0.586. The minimum Gasteiger partial charge on any atom is -0.492 e. The molecule has 0 atom stereocenters. The third kappa shape index (κ3) is 5.58. The molecule has 3 rings (SSSR count). The van der Waals surface area contributed by atoms with Crippen molar-refractivity contribution in [3.63, 3.8) is 0 Å². The molecule has 0 unspecified atom stereocenters. The van der Waals surface area contributed by atoms with Crippen molar-refractivity contribution in [2.24, 2.45) is 0 Å². The lowest BCUT2D eigenvalue weighted by Gasteiger charge is -2.09. The van der Waals surface area contributed by atoms with Crippen LogP contribution in [0.25, 0.3) is 4.96 Å². The van der Waals surface area contributed by atoms with Crippen LogP contribution in [0.15, 0.2) is 40.6 Å². The average molecular weight is 404 g/mol. The highest BCUT2D eigenvalue weighted by atomic mass is 32.2. The molecule has 0 saturated carbocycles. The molecule has 2 aromatic heterocycles. The summed E-state index contributed by atoms with van der Waals surface area (Å²) >= 11 is 2.85. The van der Waals surface area contributed by atoms with E-state index in [1.165, 1.54) is 33.6 Å². The highest BCUT2D eigenvalue weighted by Gasteiger charge is 2.06. The molecule has 0 spiro atoms. The Morgan fingerprint density at radius 2 is 2.04 bits per heavy atom. The third-order valence-corrected chi connectivity index (χ3v) is 5.45. The molecule has 1 aromatic carbocycles. The summed E-state index contributed by atoms with van der Waals surface area (Å²) in [5.41, 5.74) is 2.90. The highest BCUT2D eigenvalue weighted by Crippen LogP contribution is 2.16. The number of carbonyl (C=O) groups is 1. The molecule has 0 aliphatic heterocycles. The minimum absolute atomic E-state index is 0.0575. The second-order valence-corrected chi connectivity index (χ2v) is 8.01. The summed E-state index contributed by atoms with van der Waals surface area (Å²) in [5.74, 6) is 1.60. The number of hydrogen-bond acceptors (Lipinski definition) is 6. The fraction of sp³-hybridized carbons (Fsp3) is 0.316. The van der Waals surface area contributed by atoms with Crippen LogP contribution in [0.5, 0.6) is 5.75 Å². The van der Waals surface area contributed by atoms with Crippen molar-refractivity contribution in [3.8, 4) is 5.75 Å². The molecule has 0 fully saturated rings. The van der Waals surface area contributed by atoms with Crippen LogP contribution in [0.1, 0.15) is 16.8 Å². The summed E-state index contributed by atoms with van der Waals surface area (Å²) in [5, 5.41) is 4.66. The Kier molecular flexibility index (Phi) is 6.52. The maximum absolute atomic E-state index is 11.9. The van der Waals surface area contributed by atoms with Crippen LogP contribution in [0.2, 0.25) is 0 Å². The van der Waals surface area contributed by atoms with Crippen molar-refractivity contribution >= 4 is 34.0 Å². The Labute approximate surface area is 165 Å². The molecule has 1 N–H and O–H groups in total. The molecule has 0 aliphatic carbocycles. The van der Waals surface area contributed by atoms with Gasteiger partial charge in [0.15, 0.2) is 4.96 Å². The van der Waals surface area contributed by atoms with E-state index in [9.17, 15) is 9.59 Å². The van der Waals surface area contributed by atoms with E-state index in [1.807, 2.05) is 31.4 Å². The topological polar surface area (TPSA) is 72.7 Å². The zero-order valence-corrected chi connectivity index (χ0v) is 16.9. The monoisotopic (exact) mass is 403 g/mol. The van der Waals surface area contributed by atoms with Gasteiger partial charge >= 0.3 is 0 Å². The Morgan fingerprint density at radius 3 is 2.81 bits per heavy atom. The first-order valence-electron chi connectivity index (χ1n) is 8.52. The predicted molar refractivity (Wildman–Crippen MR) is 110 cm³/mol. The molecule has 0 aliphatic rings. The number of aryl methyl sites for hydroxylation is 2. The molecule has 142 valence electrons. The van der Waals surface area contributed by atoms with Gasteiger partial charge in [-0.05, 0) is 37.1 Å². The zero-order valence-electron chi connectivity index (χ0n) is 15.2. The largest absolute Gasteiger partial charge is 0.492 e. The van der Waals surface area contributed by atoms with Gasteiger partial charge in [-0.2, -0.15) is 0 Å². The van der Waals surface area contributed by atoms with Crippen LogP contribution < -0.4 is 15.6 Å². The minimum atomic E-state index is -0.0927. The number of amides is 1. The van der Waals surface area contributed by atoms with Gasteiger partial charge in [-0.3, -0.25) is 14.0 Å². The van der Waals surface area contributed by atoms with E-state index >= 15 is 0 Å². The molecule has 0 bridgehead atoms. The first kappa shape index (κ1) is 19.4. The summed E-state index contributed by atoms with van der Waals surface area (Å²) in [6.45, 7) is 4.93. The number of fused-ring (bicyclic) bond motifs is 1. The number of ether oxygens (including phenoxy) is 1. The number of hydrogen-bond donors (Lipinski definition) is 1. The van der Waals surface area contributed by atoms with Crippen LogP contribution in [-0.2, 0) is 10.5 Å². The number of thioether (sulfide) groups is 1. The van der Waals surface area contributed by atoms with Gasteiger partial charge in [0, 0.05) is 23.4 Å². The second-order valence-electron chi connectivity index (χ2n) is 6.16. The number of benzene rings is 1. The average Bonchev–Trinajstić information content (AvgIpc) is 3.07. The van der Waals surface area contributed by atoms with Crippen LogP contribution in [0.3, 0.4) is 0 Å². The fourth-order valence-corrected chi connectivity index (χ4v) is 4.12. The van der Waals surface area contributed by atoms with Gasteiger partial charge in [0.1, 0.15) is 12.4 Å². The molecule has 3 aromatic rings.